The molecule has 7 nitrogen and oxygen atoms in total. The number of nitriles is 1. The fourth-order valence-electron chi connectivity index (χ4n) is 2.61. The molecular weight excluding hydrogens is 394 g/mol. The smallest absolute Gasteiger partial charge is 0.266 e. The summed E-state index contributed by atoms with van der Waals surface area (Å²) >= 11 is 0. The molecule has 0 radical (unpaired) electrons. The van der Waals surface area contributed by atoms with Crippen LogP contribution in [0.15, 0.2) is 48.0 Å². The lowest BCUT2D eigenvalue weighted by Gasteiger charge is -2.14. The van der Waals surface area contributed by atoms with E-state index in [1.807, 2.05) is 25.1 Å². The normalized spacial score (nSPS) is 10.7. The molecule has 31 heavy (non-hydrogen) atoms. The number of ether oxygens (including phenoxy) is 2. The van der Waals surface area contributed by atoms with Crippen LogP contribution in [0.25, 0.3) is 6.08 Å². The van der Waals surface area contributed by atoms with Crippen molar-refractivity contribution in [1.82, 2.24) is 4.90 Å². The zero-order valence-electron chi connectivity index (χ0n) is 18.3. The summed E-state index contributed by atoms with van der Waals surface area (Å²) in [4.78, 5) is 25.7. The largest absolute Gasteiger partial charge is 0.490 e. The van der Waals surface area contributed by atoms with E-state index in [0.717, 1.165) is 12.0 Å². The first kappa shape index (κ1) is 23.5. The Morgan fingerprint density at radius 3 is 2.35 bits per heavy atom. The van der Waals surface area contributed by atoms with E-state index in [-0.39, 0.29) is 18.1 Å². The topological polar surface area (TPSA) is 91.7 Å². The van der Waals surface area contributed by atoms with Gasteiger partial charge in [-0.15, -0.1) is 0 Å². The highest BCUT2D eigenvalue weighted by Crippen LogP contribution is 2.29. The molecule has 0 aliphatic rings. The Balaban J connectivity index is 2.19. The summed E-state index contributed by atoms with van der Waals surface area (Å²) in [6.45, 7) is 4.15. The highest BCUT2D eigenvalue weighted by molar-refractivity contribution is 6.09. The van der Waals surface area contributed by atoms with E-state index in [1.165, 1.54) is 11.0 Å². The van der Waals surface area contributed by atoms with E-state index in [0.29, 0.717) is 29.4 Å². The molecule has 0 spiro atoms. The Morgan fingerprint density at radius 2 is 1.77 bits per heavy atom. The van der Waals surface area contributed by atoms with Gasteiger partial charge in [-0.3, -0.25) is 9.59 Å². The van der Waals surface area contributed by atoms with Crippen LogP contribution >= 0.6 is 0 Å². The van der Waals surface area contributed by atoms with Crippen molar-refractivity contribution >= 4 is 23.6 Å². The molecule has 2 aromatic rings. The molecule has 0 saturated heterocycles. The monoisotopic (exact) mass is 421 g/mol. The zero-order valence-corrected chi connectivity index (χ0v) is 18.3. The summed E-state index contributed by atoms with van der Waals surface area (Å²) in [5.41, 5.74) is 2.33. The number of hydrogen-bond donors (Lipinski definition) is 1. The third-order valence-electron chi connectivity index (χ3n) is 4.41. The van der Waals surface area contributed by atoms with Crippen molar-refractivity contribution in [1.29, 1.82) is 5.26 Å². The molecule has 2 rings (SSSR count). The number of benzene rings is 2. The van der Waals surface area contributed by atoms with Gasteiger partial charge in [-0.25, -0.2) is 0 Å². The van der Waals surface area contributed by atoms with Gasteiger partial charge in [-0.2, -0.15) is 5.26 Å². The number of carbonyl (C=O) groups excluding carboxylic acids is 2. The van der Waals surface area contributed by atoms with Gasteiger partial charge in [0.15, 0.2) is 18.1 Å². The molecule has 0 unspecified atom stereocenters. The van der Waals surface area contributed by atoms with Crippen molar-refractivity contribution in [3.63, 3.8) is 0 Å². The maximum atomic E-state index is 12.5. The van der Waals surface area contributed by atoms with Crippen LogP contribution in [0.5, 0.6) is 11.5 Å². The molecular formula is C24H27N3O4. The minimum atomic E-state index is -0.499. The number of likely N-dealkylation sites (N-methyl/N-ethyl adjacent to an activating group) is 1. The van der Waals surface area contributed by atoms with Crippen molar-refractivity contribution in [3.8, 4) is 17.6 Å². The van der Waals surface area contributed by atoms with Crippen molar-refractivity contribution in [2.24, 2.45) is 0 Å². The number of amides is 2. The lowest BCUT2D eigenvalue weighted by Crippen LogP contribution is -2.27. The van der Waals surface area contributed by atoms with Crippen molar-refractivity contribution < 1.29 is 19.1 Å². The molecule has 0 saturated carbocycles. The van der Waals surface area contributed by atoms with Crippen LogP contribution in [-0.2, 0) is 16.0 Å². The summed E-state index contributed by atoms with van der Waals surface area (Å²) in [6, 6.07) is 14.4. The Bertz CT molecular complexity index is 989. The molecule has 0 heterocycles. The van der Waals surface area contributed by atoms with E-state index in [4.69, 9.17) is 9.47 Å². The number of anilines is 1. The first-order valence-corrected chi connectivity index (χ1v) is 9.99. The number of hydrogen-bond acceptors (Lipinski definition) is 5. The molecule has 2 amide bonds. The Kier molecular flexibility index (Phi) is 8.64. The molecule has 0 aliphatic heterocycles. The highest BCUT2D eigenvalue weighted by Gasteiger charge is 2.13. The molecule has 0 fully saturated rings. The van der Waals surface area contributed by atoms with E-state index < -0.39 is 5.91 Å². The summed E-state index contributed by atoms with van der Waals surface area (Å²) < 4.78 is 11.2. The van der Waals surface area contributed by atoms with Gasteiger partial charge < -0.3 is 19.7 Å². The van der Waals surface area contributed by atoms with Gasteiger partial charge in [0.2, 0.25) is 0 Å². The van der Waals surface area contributed by atoms with Gasteiger partial charge >= 0.3 is 0 Å². The second-order valence-electron chi connectivity index (χ2n) is 6.89. The van der Waals surface area contributed by atoms with Gasteiger partial charge in [-0.1, -0.05) is 25.1 Å². The van der Waals surface area contributed by atoms with E-state index in [2.05, 4.69) is 12.2 Å². The van der Waals surface area contributed by atoms with Crippen LogP contribution < -0.4 is 14.8 Å². The quantitative estimate of drug-likeness (QED) is 0.493. The maximum absolute atomic E-state index is 12.5. The van der Waals surface area contributed by atoms with Gasteiger partial charge in [0.1, 0.15) is 11.6 Å². The third-order valence-corrected chi connectivity index (χ3v) is 4.41. The molecule has 1 N–H and O–H groups in total. The van der Waals surface area contributed by atoms with Crippen LogP contribution in [-0.4, -0.2) is 44.0 Å². The number of nitrogens with zero attached hydrogens (tertiary/aromatic N) is 2. The minimum Gasteiger partial charge on any atom is -0.490 e. The summed E-state index contributed by atoms with van der Waals surface area (Å²) in [7, 11) is 3.30. The summed E-state index contributed by atoms with van der Waals surface area (Å²) in [5.74, 6) is 0.160. The Labute approximate surface area is 182 Å². The van der Waals surface area contributed by atoms with Crippen molar-refractivity contribution in [2.45, 2.75) is 20.3 Å². The molecule has 7 heteroatoms. The second kappa shape index (κ2) is 11.4. The number of nitrogens with one attached hydrogen (secondary N) is 1. The standard InChI is InChI=1S/C24H27N3O4/c1-5-17-7-10-20(11-8-17)26-24(29)19(15-25)13-18-9-12-21(22(14-18)30-6-2)31-16-23(28)27(3)4/h7-14H,5-6,16H2,1-4H3,(H,26,29)/b19-13+. The molecule has 0 atom stereocenters. The number of aryl methyl sites for hydroxylation is 1. The number of rotatable bonds is 9. The fraction of sp³-hybridized carbons (Fsp3) is 0.292. The Hall–Kier alpha value is -3.79. The van der Waals surface area contributed by atoms with Gasteiger partial charge in [0.05, 0.1) is 6.61 Å². The minimum absolute atomic E-state index is 0.0431. The zero-order chi connectivity index (χ0) is 22.8. The molecule has 162 valence electrons. The lowest BCUT2D eigenvalue weighted by molar-refractivity contribution is -0.130. The van der Waals surface area contributed by atoms with Crippen LogP contribution in [0.3, 0.4) is 0 Å². The van der Waals surface area contributed by atoms with E-state index >= 15 is 0 Å². The first-order valence-electron chi connectivity index (χ1n) is 9.99. The molecule has 0 aromatic heterocycles. The van der Waals surface area contributed by atoms with Crippen LogP contribution in [0.4, 0.5) is 5.69 Å². The van der Waals surface area contributed by atoms with Crippen LogP contribution in [0, 0.1) is 11.3 Å². The predicted octanol–water partition coefficient (Wildman–Crippen LogP) is 3.66. The fourth-order valence-corrected chi connectivity index (χ4v) is 2.61. The third kappa shape index (κ3) is 6.89. The molecule has 2 aromatic carbocycles. The maximum Gasteiger partial charge on any atom is 0.266 e. The van der Waals surface area contributed by atoms with E-state index in [1.54, 1.807) is 44.4 Å². The van der Waals surface area contributed by atoms with Crippen molar-refractivity contribution in [2.75, 3.05) is 32.6 Å². The SMILES string of the molecule is CCOc1cc(/C=C(\C#N)C(=O)Nc2ccc(CC)cc2)ccc1OCC(=O)N(C)C. The van der Waals surface area contributed by atoms with Crippen LogP contribution in [0.1, 0.15) is 25.0 Å². The second-order valence-corrected chi connectivity index (χ2v) is 6.89. The van der Waals surface area contributed by atoms with Gasteiger partial charge in [0.25, 0.3) is 11.8 Å². The average Bonchev–Trinajstić information content (AvgIpc) is 2.77. The number of carbonyl (C=O) groups is 2. The van der Waals surface area contributed by atoms with Crippen LogP contribution in [0.2, 0.25) is 0 Å². The van der Waals surface area contributed by atoms with Gasteiger partial charge in [-0.05, 0) is 54.8 Å². The lowest BCUT2D eigenvalue weighted by atomic mass is 10.1. The average molecular weight is 421 g/mol. The summed E-state index contributed by atoms with van der Waals surface area (Å²) in [5, 5.41) is 12.2. The predicted molar refractivity (Wildman–Crippen MR) is 120 cm³/mol. The van der Waals surface area contributed by atoms with E-state index in [9.17, 15) is 14.9 Å². The first-order chi connectivity index (χ1) is 14.9. The van der Waals surface area contributed by atoms with Crippen molar-refractivity contribution in [3.05, 3.63) is 59.2 Å². The molecule has 0 bridgehead atoms. The van der Waals surface area contributed by atoms with Gasteiger partial charge in [0, 0.05) is 19.8 Å². The highest BCUT2D eigenvalue weighted by atomic mass is 16.5. The Morgan fingerprint density at radius 1 is 1.06 bits per heavy atom. The molecule has 0 aliphatic carbocycles. The summed E-state index contributed by atoms with van der Waals surface area (Å²) in [6.07, 6.45) is 2.38.